The van der Waals surface area contributed by atoms with Crippen LogP contribution >= 0.6 is 11.8 Å². The van der Waals surface area contributed by atoms with E-state index < -0.39 is 0 Å². The fraction of sp³-hybridized carbons (Fsp3) is 0.667. The molecule has 0 bridgehead atoms. The Labute approximate surface area is 59.2 Å². The van der Waals surface area contributed by atoms with Gasteiger partial charge in [-0.25, -0.2) is 0 Å². The summed E-state index contributed by atoms with van der Waals surface area (Å²) in [4.78, 5) is 10.1. The number of hydrogen-bond acceptors (Lipinski definition) is 3. The summed E-state index contributed by atoms with van der Waals surface area (Å²) in [6.07, 6.45) is 0.870. The molecule has 0 aromatic carbocycles. The molecule has 0 spiro atoms. The number of thioether (sulfide) groups is 1. The van der Waals surface area contributed by atoms with Crippen LogP contribution in [0.1, 0.15) is 13.8 Å². The topological polar surface area (TPSA) is 40.9 Å². The molecule has 9 heavy (non-hydrogen) atoms. The third kappa shape index (κ3) is 3.15. The van der Waals surface area contributed by atoms with Crippen molar-refractivity contribution in [3.8, 4) is 5.40 Å². The smallest absolute Gasteiger partial charge is 0.133 e. The fourth-order valence-corrected chi connectivity index (χ4v) is 0.746. The monoisotopic (exact) mass is 143 g/mol. The van der Waals surface area contributed by atoms with Crippen molar-refractivity contribution in [1.82, 2.24) is 0 Å². The van der Waals surface area contributed by atoms with Crippen molar-refractivity contribution in [3.63, 3.8) is 0 Å². The molecule has 0 aromatic heterocycles. The molecule has 2 unspecified atom stereocenters. The quantitative estimate of drug-likeness (QED) is 0.443. The summed E-state index contributed by atoms with van der Waals surface area (Å²) in [5.74, 6) is -0.0188. The Balaban J connectivity index is 3.60. The molecule has 0 aromatic rings. The minimum Gasteiger partial charge on any atom is -0.303 e. The number of nitriles is 1. The fourth-order valence-electron chi connectivity index (χ4n) is 0.301. The van der Waals surface area contributed by atoms with Crippen LogP contribution in [0.5, 0.6) is 0 Å². The van der Waals surface area contributed by atoms with Gasteiger partial charge >= 0.3 is 0 Å². The minimum absolute atomic E-state index is 0.0188. The Kier molecular flexibility index (Phi) is 4.16. The van der Waals surface area contributed by atoms with Crippen LogP contribution in [0.2, 0.25) is 0 Å². The van der Waals surface area contributed by atoms with Gasteiger partial charge in [-0.3, -0.25) is 0 Å². The molecule has 0 heterocycles. The highest BCUT2D eigenvalue weighted by atomic mass is 32.2. The van der Waals surface area contributed by atoms with E-state index in [1.54, 1.807) is 0 Å². The van der Waals surface area contributed by atoms with Crippen LogP contribution in [-0.2, 0) is 4.79 Å². The van der Waals surface area contributed by atoms with Crippen LogP contribution in [-0.4, -0.2) is 11.5 Å². The molecular formula is C6H9NOS. The van der Waals surface area contributed by atoms with Gasteiger partial charge < -0.3 is 4.79 Å². The highest BCUT2D eigenvalue weighted by Crippen LogP contribution is 2.15. The van der Waals surface area contributed by atoms with Crippen LogP contribution in [0.4, 0.5) is 0 Å². The molecule has 0 aliphatic rings. The maximum absolute atomic E-state index is 10.1. The summed E-state index contributed by atoms with van der Waals surface area (Å²) in [7, 11) is 0. The number of carbonyl (C=O) groups is 1. The molecule has 3 heteroatoms. The molecule has 50 valence electrons. The standard InChI is InChI=1S/C6H9NOS/c1-5(3-8)6(2)9-4-7/h3,5-6H,1-2H3. The zero-order chi connectivity index (χ0) is 7.28. The molecule has 0 rings (SSSR count). The molecule has 0 aliphatic heterocycles. The first kappa shape index (κ1) is 8.51. The Hall–Kier alpha value is -0.490. The minimum atomic E-state index is -0.0188. The number of rotatable bonds is 3. The lowest BCUT2D eigenvalue weighted by Crippen LogP contribution is -2.09. The van der Waals surface area contributed by atoms with Gasteiger partial charge in [-0.15, -0.1) is 0 Å². The molecular weight excluding hydrogens is 134 g/mol. The summed E-state index contributed by atoms with van der Waals surface area (Å²) >= 11 is 1.14. The second kappa shape index (κ2) is 4.39. The van der Waals surface area contributed by atoms with Gasteiger partial charge in [-0.05, 0) is 11.8 Å². The zero-order valence-corrected chi connectivity index (χ0v) is 6.31. The average Bonchev–Trinajstić information content (AvgIpc) is 1.87. The maximum Gasteiger partial charge on any atom is 0.133 e. The Bertz CT molecular complexity index is 130. The third-order valence-electron chi connectivity index (χ3n) is 1.19. The first-order chi connectivity index (χ1) is 4.22. The number of aldehydes is 1. The van der Waals surface area contributed by atoms with Gasteiger partial charge in [-0.2, -0.15) is 5.26 Å². The van der Waals surface area contributed by atoms with Crippen LogP contribution < -0.4 is 0 Å². The lowest BCUT2D eigenvalue weighted by Gasteiger charge is -2.06. The molecule has 0 radical (unpaired) electrons. The predicted molar refractivity (Wildman–Crippen MR) is 37.9 cm³/mol. The van der Waals surface area contributed by atoms with E-state index >= 15 is 0 Å². The van der Waals surface area contributed by atoms with E-state index in [0.29, 0.717) is 0 Å². The highest BCUT2D eigenvalue weighted by molar-refractivity contribution is 8.04. The van der Waals surface area contributed by atoms with Gasteiger partial charge in [0.25, 0.3) is 0 Å². The van der Waals surface area contributed by atoms with Crippen molar-refractivity contribution in [2.75, 3.05) is 0 Å². The second-order valence-electron chi connectivity index (χ2n) is 1.91. The van der Waals surface area contributed by atoms with Crippen molar-refractivity contribution in [2.24, 2.45) is 5.92 Å². The summed E-state index contributed by atoms with van der Waals surface area (Å²) in [6, 6.07) is 0. The van der Waals surface area contributed by atoms with Crippen molar-refractivity contribution >= 4 is 18.0 Å². The van der Waals surface area contributed by atoms with Gasteiger partial charge in [-0.1, -0.05) is 13.8 Å². The van der Waals surface area contributed by atoms with E-state index in [2.05, 4.69) is 0 Å². The van der Waals surface area contributed by atoms with E-state index in [4.69, 9.17) is 5.26 Å². The summed E-state index contributed by atoms with van der Waals surface area (Å²) in [6.45, 7) is 3.68. The molecule has 2 atom stereocenters. The van der Waals surface area contributed by atoms with Crippen molar-refractivity contribution < 1.29 is 4.79 Å². The van der Waals surface area contributed by atoms with Gasteiger partial charge in [0, 0.05) is 11.2 Å². The number of nitrogens with zero attached hydrogens (tertiary/aromatic N) is 1. The van der Waals surface area contributed by atoms with E-state index in [-0.39, 0.29) is 11.2 Å². The summed E-state index contributed by atoms with van der Waals surface area (Å²) in [5.41, 5.74) is 0. The van der Waals surface area contributed by atoms with Crippen molar-refractivity contribution in [1.29, 1.82) is 5.26 Å². The first-order valence-corrected chi connectivity index (χ1v) is 3.60. The largest absolute Gasteiger partial charge is 0.303 e. The first-order valence-electron chi connectivity index (χ1n) is 2.72. The lowest BCUT2D eigenvalue weighted by molar-refractivity contribution is -0.110. The third-order valence-corrected chi connectivity index (χ3v) is 2.10. The zero-order valence-electron chi connectivity index (χ0n) is 5.50. The number of carbonyl (C=O) groups excluding carboxylic acids is 1. The Morgan fingerprint density at radius 1 is 1.67 bits per heavy atom. The Morgan fingerprint density at radius 2 is 2.22 bits per heavy atom. The Morgan fingerprint density at radius 3 is 2.56 bits per heavy atom. The summed E-state index contributed by atoms with van der Waals surface area (Å²) < 4.78 is 0. The molecule has 0 fully saturated rings. The molecule has 0 aliphatic carbocycles. The van der Waals surface area contributed by atoms with Crippen molar-refractivity contribution in [3.05, 3.63) is 0 Å². The predicted octanol–water partition coefficient (Wildman–Crippen LogP) is 1.42. The molecule has 0 saturated carbocycles. The molecule has 0 saturated heterocycles. The van der Waals surface area contributed by atoms with Crippen LogP contribution in [0.15, 0.2) is 0 Å². The molecule has 0 N–H and O–H groups in total. The molecule has 0 amide bonds. The van der Waals surface area contributed by atoms with Gasteiger partial charge in [0.15, 0.2) is 0 Å². The van der Waals surface area contributed by atoms with E-state index in [0.717, 1.165) is 18.0 Å². The van der Waals surface area contributed by atoms with Crippen LogP contribution in [0.25, 0.3) is 0 Å². The van der Waals surface area contributed by atoms with E-state index in [9.17, 15) is 4.79 Å². The maximum atomic E-state index is 10.1. The SMILES string of the molecule is CC(C=O)C(C)SC#N. The highest BCUT2D eigenvalue weighted by Gasteiger charge is 2.10. The van der Waals surface area contributed by atoms with Gasteiger partial charge in [0.2, 0.25) is 0 Å². The lowest BCUT2D eigenvalue weighted by atomic mass is 10.1. The van der Waals surface area contributed by atoms with E-state index in [1.807, 2.05) is 19.2 Å². The van der Waals surface area contributed by atoms with Crippen LogP contribution in [0, 0.1) is 16.6 Å². The van der Waals surface area contributed by atoms with Crippen LogP contribution in [0.3, 0.4) is 0 Å². The molecule has 2 nitrogen and oxygen atoms in total. The van der Waals surface area contributed by atoms with E-state index in [1.165, 1.54) is 0 Å². The summed E-state index contributed by atoms with van der Waals surface area (Å²) in [5, 5.41) is 10.2. The number of hydrogen-bond donors (Lipinski definition) is 0. The number of thiocyanates is 1. The van der Waals surface area contributed by atoms with Crippen molar-refractivity contribution in [2.45, 2.75) is 19.1 Å². The van der Waals surface area contributed by atoms with Gasteiger partial charge in [0.1, 0.15) is 11.7 Å². The average molecular weight is 143 g/mol. The normalized spacial score (nSPS) is 15.7. The van der Waals surface area contributed by atoms with Gasteiger partial charge in [0.05, 0.1) is 0 Å². The second-order valence-corrected chi connectivity index (χ2v) is 3.07.